The van der Waals surface area contributed by atoms with E-state index < -0.39 is 22.0 Å². The van der Waals surface area contributed by atoms with Gasteiger partial charge in [0.15, 0.2) is 0 Å². The minimum Gasteiger partial charge on any atom is -0.491 e. The zero-order chi connectivity index (χ0) is 32.3. The number of sulfonamides is 1. The third-order valence-corrected chi connectivity index (χ3v) is 11.2. The van der Waals surface area contributed by atoms with Gasteiger partial charge in [-0.3, -0.25) is 4.79 Å². The predicted molar refractivity (Wildman–Crippen MR) is 176 cm³/mol. The molecular formula is C32H41ClN6O6S. The number of primary amides is 1. The van der Waals surface area contributed by atoms with E-state index in [4.69, 9.17) is 26.8 Å². The molecule has 0 bridgehead atoms. The number of halogens is 1. The van der Waals surface area contributed by atoms with Crippen LogP contribution in [0.25, 0.3) is 10.9 Å². The van der Waals surface area contributed by atoms with E-state index in [-0.39, 0.29) is 60.4 Å². The fourth-order valence-electron chi connectivity index (χ4n) is 6.60. The molecule has 6 rings (SSSR count). The van der Waals surface area contributed by atoms with Gasteiger partial charge in [0.1, 0.15) is 29.0 Å². The van der Waals surface area contributed by atoms with Gasteiger partial charge in [0.25, 0.3) is 5.91 Å². The van der Waals surface area contributed by atoms with Crippen LogP contribution in [0.5, 0.6) is 5.75 Å². The Bertz CT molecular complexity index is 1650. The van der Waals surface area contributed by atoms with Crippen molar-refractivity contribution in [2.45, 2.75) is 68.0 Å². The van der Waals surface area contributed by atoms with Gasteiger partial charge in [0.2, 0.25) is 10.0 Å². The zero-order valence-corrected chi connectivity index (χ0v) is 27.2. The number of para-hydroxylation sites is 1. The first-order valence-corrected chi connectivity index (χ1v) is 17.8. The maximum atomic E-state index is 14.2. The topological polar surface area (TPSA) is 159 Å². The number of urea groups is 1. The number of benzene rings is 2. The Labute approximate surface area is 274 Å². The third kappa shape index (κ3) is 7.22. The van der Waals surface area contributed by atoms with Crippen molar-refractivity contribution in [1.82, 2.24) is 19.5 Å². The summed E-state index contributed by atoms with van der Waals surface area (Å²) in [7, 11) is -4.20. The molecule has 46 heavy (non-hydrogen) atoms. The standard InChI is InChI=1S/C32H41ClN6O6S/c33-21-17-26-28(27(18-21)35-23-11-13-38(14-12-23)32(41)36-22-7-3-1-4-8-22)37-29(31(34)40)30(26)46(42,43)39-15-16-44-25(19-39)20-45-24-9-5-2-6-10-24/h2,5-6,9-10,17-18,22-23,25,35,37H,1,3-4,7-8,11-16,19-20H2,(H2,34,40)(H,36,41). The largest absolute Gasteiger partial charge is 0.491 e. The summed E-state index contributed by atoms with van der Waals surface area (Å²) in [5.41, 5.74) is 6.51. The van der Waals surface area contributed by atoms with Gasteiger partial charge >= 0.3 is 6.03 Å². The lowest BCUT2D eigenvalue weighted by Crippen LogP contribution is -2.49. The highest BCUT2D eigenvalue weighted by atomic mass is 35.5. The summed E-state index contributed by atoms with van der Waals surface area (Å²) in [4.78, 5) is 30.1. The Hall–Kier alpha value is -3.52. The number of amides is 3. The molecule has 14 heteroatoms. The van der Waals surface area contributed by atoms with Crippen molar-refractivity contribution in [2.24, 2.45) is 5.73 Å². The summed E-state index contributed by atoms with van der Waals surface area (Å²) in [6.45, 7) is 1.65. The van der Waals surface area contributed by atoms with Crippen molar-refractivity contribution in [2.75, 3.05) is 44.7 Å². The second-order valence-electron chi connectivity index (χ2n) is 12.2. The minimum absolute atomic E-state index is 0.00500. The second kappa shape index (κ2) is 14.1. The second-order valence-corrected chi connectivity index (χ2v) is 14.6. The van der Waals surface area contributed by atoms with Gasteiger partial charge in [-0.15, -0.1) is 0 Å². The highest BCUT2D eigenvalue weighted by molar-refractivity contribution is 7.89. The minimum atomic E-state index is -4.20. The summed E-state index contributed by atoms with van der Waals surface area (Å²) in [6.07, 6.45) is 6.48. The molecule has 1 aromatic heterocycles. The maximum Gasteiger partial charge on any atom is 0.317 e. The normalized spacial score (nSPS) is 20.5. The Balaban J connectivity index is 1.18. The number of nitrogens with one attached hydrogen (secondary N) is 3. The number of carbonyl (C=O) groups is 2. The average molecular weight is 673 g/mol. The van der Waals surface area contributed by atoms with Crippen LogP contribution in [0.15, 0.2) is 47.4 Å². The number of morpholine rings is 1. The van der Waals surface area contributed by atoms with Crippen molar-refractivity contribution in [3.8, 4) is 5.75 Å². The van der Waals surface area contributed by atoms with Crippen LogP contribution in [0.3, 0.4) is 0 Å². The lowest BCUT2D eigenvalue weighted by atomic mass is 9.95. The van der Waals surface area contributed by atoms with Crippen molar-refractivity contribution in [3.63, 3.8) is 0 Å². The van der Waals surface area contributed by atoms with E-state index in [9.17, 15) is 18.0 Å². The number of piperidine rings is 1. The molecule has 3 heterocycles. The number of likely N-dealkylation sites (tertiary alicyclic amines) is 1. The molecule has 12 nitrogen and oxygen atoms in total. The van der Waals surface area contributed by atoms with Gasteiger partial charge in [-0.25, -0.2) is 13.2 Å². The Morgan fingerprint density at radius 1 is 1.02 bits per heavy atom. The van der Waals surface area contributed by atoms with Gasteiger partial charge in [-0.05, 0) is 49.9 Å². The Morgan fingerprint density at radius 2 is 1.76 bits per heavy atom. The van der Waals surface area contributed by atoms with E-state index >= 15 is 0 Å². The fraction of sp³-hybridized carbons (Fsp3) is 0.500. The fourth-order valence-corrected chi connectivity index (χ4v) is 8.60. The van der Waals surface area contributed by atoms with Gasteiger partial charge in [-0.1, -0.05) is 49.1 Å². The van der Waals surface area contributed by atoms with E-state index in [0.29, 0.717) is 47.9 Å². The molecule has 2 aliphatic heterocycles. The van der Waals surface area contributed by atoms with Crippen LogP contribution >= 0.6 is 11.6 Å². The lowest BCUT2D eigenvalue weighted by molar-refractivity contribution is -0.0249. The third-order valence-electron chi connectivity index (χ3n) is 9.02. The number of ether oxygens (including phenoxy) is 2. The highest BCUT2D eigenvalue weighted by Crippen LogP contribution is 2.37. The smallest absolute Gasteiger partial charge is 0.317 e. The van der Waals surface area contributed by atoms with Crippen LogP contribution < -0.4 is 21.1 Å². The van der Waals surface area contributed by atoms with Gasteiger partial charge in [0.05, 0.1) is 17.8 Å². The van der Waals surface area contributed by atoms with Crippen LogP contribution in [-0.4, -0.2) is 92.1 Å². The molecule has 248 valence electrons. The van der Waals surface area contributed by atoms with Crippen LogP contribution in [0.1, 0.15) is 55.4 Å². The van der Waals surface area contributed by atoms with Crippen LogP contribution in [0.4, 0.5) is 10.5 Å². The van der Waals surface area contributed by atoms with Gasteiger partial charge < -0.3 is 35.7 Å². The first-order valence-electron chi connectivity index (χ1n) is 16.0. The lowest BCUT2D eigenvalue weighted by Gasteiger charge is -2.34. The van der Waals surface area contributed by atoms with Gasteiger partial charge in [-0.2, -0.15) is 4.31 Å². The van der Waals surface area contributed by atoms with Crippen molar-refractivity contribution in [1.29, 1.82) is 0 Å². The first-order chi connectivity index (χ1) is 22.2. The number of nitrogens with zero attached hydrogens (tertiary/aromatic N) is 2. The summed E-state index contributed by atoms with van der Waals surface area (Å²) in [6, 6.07) is 12.7. The number of rotatable bonds is 9. The number of aromatic amines is 1. The molecule has 2 saturated heterocycles. The summed E-state index contributed by atoms with van der Waals surface area (Å²) < 4.78 is 41.2. The quantitative estimate of drug-likeness (QED) is 0.264. The number of hydrogen-bond acceptors (Lipinski definition) is 7. The summed E-state index contributed by atoms with van der Waals surface area (Å²) in [5.74, 6) is -0.242. The van der Waals surface area contributed by atoms with E-state index in [0.717, 1.165) is 25.7 Å². The number of carbonyl (C=O) groups excluding carboxylic acids is 2. The number of nitrogens with two attached hydrogens (primary N) is 1. The molecule has 0 spiro atoms. The number of hydrogen-bond donors (Lipinski definition) is 4. The molecule has 5 N–H and O–H groups in total. The van der Waals surface area contributed by atoms with E-state index in [2.05, 4.69) is 15.6 Å². The molecule has 1 aliphatic carbocycles. The van der Waals surface area contributed by atoms with Crippen LogP contribution in [0, 0.1) is 0 Å². The molecule has 2 aromatic carbocycles. The molecule has 0 radical (unpaired) electrons. The molecule has 1 atom stereocenters. The highest BCUT2D eigenvalue weighted by Gasteiger charge is 2.37. The summed E-state index contributed by atoms with van der Waals surface area (Å²) >= 11 is 6.54. The van der Waals surface area contributed by atoms with Gasteiger partial charge in [0, 0.05) is 48.7 Å². The number of aromatic nitrogens is 1. The predicted octanol–water partition coefficient (Wildman–Crippen LogP) is 4.31. The van der Waals surface area contributed by atoms with E-state index in [1.54, 1.807) is 6.07 Å². The monoisotopic (exact) mass is 672 g/mol. The zero-order valence-electron chi connectivity index (χ0n) is 25.7. The molecule has 3 aliphatic rings. The first kappa shape index (κ1) is 32.4. The Kier molecular flexibility index (Phi) is 9.92. The van der Waals surface area contributed by atoms with Crippen molar-refractivity contribution < 1.29 is 27.5 Å². The number of anilines is 1. The van der Waals surface area contributed by atoms with E-state index in [1.807, 2.05) is 35.2 Å². The van der Waals surface area contributed by atoms with Crippen molar-refractivity contribution in [3.05, 3.63) is 53.2 Å². The van der Waals surface area contributed by atoms with Crippen molar-refractivity contribution >= 4 is 50.2 Å². The molecule has 1 saturated carbocycles. The molecule has 1 unspecified atom stereocenters. The SMILES string of the molecule is NC(=O)c1[nH]c2c(NC3CCN(C(=O)NC4CCCCC4)CC3)cc(Cl)cc2c1S(=O)(=O)N1CCOC(COc2ccccc2)C1. The maximum absolute atomic E-state index is 14.2. The molecule has 3 amide bonds. The Morgan fingerprint density at radius 3 is 2.48 bits per heavy atom. The molecule has 3 aromatic rings. The van der Waals surface area contributed by atoms with Crippen LogP contribution in [0.2, 0.25) is 5.02 Å². The molecule has 3 fully saturated rings. The van der Waals surface area contributed by atoms with Crippen LogP contribution in [-0.2, 0) is 14.8 Å². The number of fused-ring (bicyclic) bond motifs is 1. The average Bonchev–Trinajstić information content (AvgIpc) is 3.46. The summed E-state index contributed by atoms with van der Waals surface area (Å²) in [5, 5.41) is 7.25. The van der Waals surface area contributed by atoms with E-state index in [1.165, 1.54) is 16.8 Å². The molecular weight excluding hydrogens is 632 g/mol. The number of H-pyrrole nitrogens is 1.